The van der Waals surface area contributed by atoms with Crippen LogP contribution in [0.4, 0.5) is 0 Å². The summed E-state index contributed by atoms with van der Waals surface area (Å²) in [5.74, 6) is -0.0662. The molecule has 0 bridgehead atoms. The standard InChI is InChI=1S/C7H13O2/c1-2-3-4-5-7(9)6-8/h8H,1-6H2. The van der Waals surface area contributed by atoms with Crippen molar-refractivity contribution in [1.82, 2.24) is 0 Å². The fourth-order valence-electron chi connectivity index (χ4n) is 0.578. The minimum atomic E-state index is -0.308. The van der Waals surface area contributed by atoms with E-state index in [4.69, 9.17) is 5.11 Å². The monoisotopic (exact) mass is 129 g/mol. The molecule has 0 fully saturated rings. The SMILES string of the molecule is [CH2]CCCCC(=O)CO. The van der Waals surface area contributed by atoms with Crippen molar-refractivity contribution in [1.29, 1.82) is 0 Å². The highest BCUT2D eigenvalue weighted by atomic mass is 16.3. The smallest absolute Gasteiger partial charge is 0.158 e. The summed E-state index contributed by atoms with van der Waals surface area (Å²) in [6, 6.07) is 0. The van der Waals surface area contributed by atoms with Crippen LogP contribution in [0.1, 0.15) is 25.7 Å². The predicted octanol–water partition coefficient (Wildman–Crippen LogP) is 0.942. The third kappa shape index (κ3) is 5.50. The fraction of sp³-hybridized carbons (Fsp3) is 0.714. The van der Waals surface area contributed by atoms with Crippen molar-refractivity contribution in [2.45, 2.75) is 25.7 Å². The molecule has 0 aliphatic rings. The molecule has 0 aliphatic heterocycles. The minimum absolute atomic E-state index is 0.0662. The second-order valence-electron chi connectivity index (χ2n) is 2.01. The Morgan fingerprint density at radius 1 is 1.44 bits per heavy atom. The van der Waals surface area contributed by atoms with E-state index in [0.717, 1.165) is 19.3 Å². The molecule has 0 heterocycles. The fourth-order valence-corrected chi connectivity index (χ4v) is 0.578. The molecular weight excluding hydrogens is 116 g/mol. The average molecular weight is 129 g/mol. The summed E-state index contributed by atoms with van der Waals surface area (Å²) < 4.78 is 0. The zero-order valence-corrected chi connectivity index (χ0v) is 5.60. The van der Waals surface area contributed by atoms with E-state index in [1.807, 2.05) is 0 Å². The Morgan fingerprint density at radius 2 is 2.11 bits per heavy atom. The Hall–Kier alpha value is -0.370. The Bertz CT molecular complexity index is 79.0. The van der Waals surface area contributed by atoms with Crippen molar-refractivity contribution in [3.63, 3.8) is 0 Å². The topological polar surface area (TPSA) is 37.3 Å². The first-order chi connectivity index (χ1) is 4.31. The van der Waals surface area contributed by atoms with Crippen molar-refractivity contribution in [2.24, 2.45) is 0 Å². The number of hydrogen-bond donors (Lipinski definition) is 1. The van der Waals surface area contributed by atoms with Crippen LogP contribution in [0.15, 0.2) is 0 Å². The van der Waals surface area contributed by atoms with Crippen molar-refractivity contribution in [3.05, 3.63) is 6.92 Å². The molecule has 0 atom stereocenters. The number of Topliss-reactive ketones (excluding diaryl/α,β-unsaturated/α-hetero) is 1. The number of rotatable bonds is 5. The molecule has 2 nitrogen and oxygen atoms in total. The third-order valence-electron chi connectivity index (χ3n) is 1.13. The predicted molar refractivity (Wildman–Crippen MR) is 35.9 cm³/mol. The number of aliphatic hydroxyl groups is 1. The molecule has 2 heteroatoms. The van der Waals surface area contributed by atoms with Gasteiger partial charge in [-0.25, -0.2) is 0 Å². The Labute approximate surface area is 55.9 Å². The van der Waals surface area contributed by atoms with E-state index in [9.17, 15) is 4.79 Å². The van der Waals surface area contributed by atoms with E-state index in [-0.39, 0.29) is 12.4 Å². The van der Waals surface area contributed by atoms with Crippen LogP contribution in [0.5, 0.6) is 0 Å². The summed E-state index contributed by atoms with van der Waals surface area (Å²) in [6.07, 6.45) is 3.22. The molecule has 0 saturated carbocycles. The van der Waals surface area contributed by atoms with Crippen molar-refractivity contribution in [2.75, 3.05) is 6.61 Å². The van der Waals surface area contributed by atoms with Crippen molar-refractivity contribution >= 4 is 5.78 Å². The molecule has 0 amide bonds. The number of carbonyl (C=O) groups is 1. The maximum Gasteiger partial charge on any atom is 0.158 e. The number of carbonyl (C=O) groups excluding carboxylic acids is 1. The largest absolute Gasteiger partial charge is 0.389 e. The van der Waals surface area contributed by atoms with Crippen LogP contribution >= 0.6 is 0 Å². The Balaban J connectivity index is 2.97. The van der Waals surface area contributed by atoms with Crippen molar-refractivity contribution in [3.8, 4) is 0 Å². The van der Waals surface area contributed by atoms with E-state index in [1.54, 1.807) is 0 Å². The molecule has 0 spiro atoms. The van der Waals surface area contributed by atoms with Crippen LogP contribution in [0.3, 0.4) is 0 Å². The molecule has 0 aliphatic carbocycles. The van der Waals surface area contributed by atoms with Crippen LogP contribution in [0.2, 0.25) is 0 Å². The highest BCUT2D eigenvalue weighted by Gasteiger charge is 1.96. The molecule has 0 aromatic heterocycles. The Kier molecular flexibility index (Phi) is 5.52. The highest BCUT2D eigenvalue weighted by molar-refractivity contribution is 5.79. The van der Waals surface area contributed by atoms with Gasteiger partial charge in [0.25, 0.3) is 0 Å². The Morgan fingerprint density at radius 3 is 2.56 bits per heavy atom. The lowest BCUT2D eigenvalue weighted by molar-refractivity contribution is -0.121. The van der Waals surface area contributed by atoms with Crippen LogP contribution < -0.4 is 0 Å². The first-order valence-electron chi connectivity index (χ1n) is 3.23. The molecule has 0 aromatic rings. The molecule has 9 heavy (non-hydrogen) atoms. The normalized spacial score (nSPS) is 9.56. The van der Waals surface area contributed by atoms with Gasteiger partial charge in [0.15, 0.2) is 5.78 Å². The van der Waals surface area contributed by atoms with Gasteiger partial charge in [-0.2, -0.15) is 0 Å². The van der Waals surface area contributed by atoms with Gasteiger partial charge in [0.05, 0.1) is 0 Å². The highest BCUT2D eigenvalue weighted by Crippen LogP contribution is 1.98. The molecule has 53 valence electrons. The van der Waals surface area contributed by atoms with Crippen LogP contribution in [-0.4, -0.2) is 17.5 Å². The third-order valence-corrected chi connectivity index (χ3v) is 1.13. The molecule has 0 rings (SSSR count). The first-order valence-corrected chi connectivity index (χ1v) is 3.23. The van der Waals surface area contributed by atoms with Gasteiger partial charge in [-0.05, 0) is 6.42 Å². The lowest BCUT2D eigenvalue weighted by Crippen LogP contribution is -2.02. The summed E-state index contributed by atoms with van der Waals surface area (Å²) in [5.41, 5.74) is 0. The summed E-state index contributed by atoms with van der Waals surface area (Å²) in [6.45, 7) is 3.33. The maximum atomic E-state index is 10.4. The molecular formula is C7H13O2. The quantitative estimate of drug-likeness (QED) is 0.561. The van der Waals surface area contributed by atoms with E-state index >= 15 is 0 Å². The van der Waals surface area contributed by atoms with E-state index in [1.165, 1.54) is 0 Å². The van der Waals surface area contributed by atoms with Gasteiger partial charge < -0.3 is 5.11 Å². The van der Waals surface area contributed by atoms with Gasteiger partial charge in [0.1, 0.15) is 6.61 Å². The minimum Gasteiger partial charge on any atom is -0.389 e. The number of ketones is 1. The average Bonchev–Trinajstić information content (AvgIpc) is 1.89. The van der Waals surface area contributed by atoms with Gasteiger partial charge in [-0.1, -0.05) is 19.8 Å². The summed E-state index contributed by atoms with van der Waals surface area (Å²) >= 11 is 0. The van der Waals surface area contributed by atoms with Crippen LogP contribution in [0, 0.1) is 6.92 Å². The zero-order chi connectivity index (χ0) is 7.11. The van der Waals surface area contributed by atoms with E-state index in [2.05, 4.69) is 6.92 Å². The summed E-state index contributed by atoms with van der Waals surface area (Å²) in [5, 5.41) is 8.27. The summed E-state index contributed by atoms with van der Waals surface area (Å²) in [7, 11) is 0. The number of hydrogen-bond acceptors (Lipinski definition) is 2. The first kappa shape index (κ1) is 8.63. The van der Waals surface area contributed by atoms with Crippen LogP contribution in [0.25, 0.3) is 0 Å². The zero-order valence-electron chi connectivity index (χ0n) is 5.60. The van der Waals surface area contributed by atoms with Gasteiger partial charge in [0.2, 0.25) is 0 Å². The van der Waals surface area contributed by atoms with Gasteiger partial charge in [-0.3, -0.25) is 4.79 Å². The van der Waals surface area contributed by atoms with Crippen molar-refractivity contribution < 1.29 is 9.90 Å². The maximum absolute atomic E-state index is 10.4. The van der Waals surface area contributed by atoms with Gasteiger partial charge in [0, 0.05) is 6.42 Å². The second-order valence-corrected chi connectivity index (χ2v) is 2.01. The number of unbranched alkanes of at least 4 members (excludes halogenated alkanes) is 2. The molecule has 0 unspecified atom stereocenters. The molecule has 1 N–H and O–H groups in total. The second kappa shape index (κ2) is 5.76. The molecule has 0 aromatic carbocycles. The van der Waals surface area contributed by atoms with Crippen LogP contribution in [-0.2, 0) is 4.79 Å². The van der Waals surface area contributed by atoms with Gasteiger partial charge in [-0.15, -0.1) is 0 Å². The molecule has 1 radical (unpaired) electrons. The van der Waals surface area contributed by atoms with E-state index < -0.39 is 0 Å². The van der Waals surface area contributed by atoms with Gasteiger partial charge >= 0.3 is 0 Å². The summed E-state index contributed by atoms with van der Waals surface area (Å²) in [4.78, 5) is 10.4. The number of aliphatic hydroxyl groups excluding tert-OH is 1. The molecule has 0 saturated heterocycles. The van der Waals surface area contributed by atoms with E-state index in [0.29, 0.717) is 6.42 Å². The lowest BCUT2D eigenvalue weighted by Gasteiger charge is -1.93. The lowest BCUT2D eigenvalue weighted by atomic mass is 10.1.